The molecule has 2 aromatic heterocycles. The summed E-state index contributed by atoms with van der Waals surface area (Å²) >= 11 is 0. The number of rotatable bonds is 3. The Morgan fingerprint density at radius 3 is 2.60 bits per heavy atom. The first-order valence-corrected chi connectivity index (χ1v) is 7.95. The second-order valence-electron chi connectivity index (χ2n) is 5.79. The van der Waals surface area contributed by atoms with Crippen molar-refractivity contribution in [2.24, 2.45) is 7.05 Å². The molecule has 2 heterocycles. The maximum atomic E-state index is 12.3. The molecule has 1 N–H and O–H groups in total. The highest BCUT2D eigenvalue weighted by atomic mass is 16.2. The van der Waals surface area contributed by atoms with Crippen molar-refractivity contribution in [3.8, 4) is 11.1 Å². The third kappa shape index (κ3) is 2.99. The quantitative estimate of drug-likeness (QED) is 0.621. The normalized spacial score (nSPS) is 10.8. The zero-order chi connectivity index (χ0) is 17.2. The molecule has 0 saturated heterocycles. The summed E-state index contributed by atoms with van der Waals surface area (Å²) in [5.74, 6) is -0.206. The van der Waals surface area contributed by atoms with Gasteiger partial charge < -0.3 is 5.32 Å². The van der Waals surface area contributed by atoms with Gasteiger partial charge in [-0.2, -0.15) is 5.10 Å². The molecule has 0 fully saturated rings. The largest absolute Gasteiger partial charge is 0.319 e. The van der Waals surface area contributed by atoms with E-state index in [1.54, 1.807) is 25.5 Å². The number of hydrogen-bond acceptors (Lipinski definition) is 3. The Hall–Kier alpha value is -3.47. The number of nitrogens with zero attached hydrogens (tertiary/aromatic N) is 3. The first-order chi connectivity index (χ1) is 12.2. The van der Waals surface area contributed by atoms with Crippen LogP contribution < -0.4 is 5.32 Å². The van der Waals surface area contributed by atoms with Crippen LogP contribution in [-0.4, -0.2) is 20.7 Å². The van der Waals surface area contributed by atoms with Crippen molar-refractivity contribution in [1.82, 2.24) is 14.8 Å². The molecule has 0 unspecified atom stereocenters. The molecule has 4 rings (SSSR count). The topological polar surface area (TPSA) is 59.8 Å². The average Bonchev–Trinajstić information content (AvgIpc) is 3.08. The number of fused-ring (bicyclic) bond motifs is 1. The number of benzene rings is 2. The van der Waals surface area contributed by atoms with Crippen LogP contribution in [0.15, 0.2) is 73.1 Å². The van der Waals surface area contributed by atoms with E-state index in [0.29, 0.717) is 11.4 Å². The second-order valence-corrected chi connectivity index (χ2v) is 5.79. The molecule has 4 aromatic rings. The summed E-state index contributed by atoms with van der Waals surface area (Å²) in [4.78, 5) is 16.8. The van der Waals surface area contributed by atoms with Gasteiger partial charge in [-0.3, -0.25) is 14.5 Å². The molecule has 0 saturated carbocycles. The summed E-state index contributed by atoms with van der Waals surface area (Å²) in [5, 5.41) is 7.84. The van der Waals surface area contributed by atoms with Crippen molar-refractivity contribution in [3.63, 3.8) is 0 Å². The summed E-state index contributed by atoms with van der Waals surface area (Å²) in [6.07, 6.45) is 3.27. The van der Waals surface area contributed by atoms with E-state index in [1.165, 1.54) is 4.68 Å². The molecule has 25 heavy (non-hydrogen) atoms. The van der Waals surface area contributed by atoms with Crippen LogP contribution in [0.3, 0.4) is 0 Å². The van der Waals surface area contributed by atoms with Crippen LogP contribution in [0.25, 0.3) is 22.0 Å². The van der Waals surface area contributed by atoms with Crippen molar-refractivity contribution in [1.29, 1.82) is 0 Å². The van der Waals surface area contributed by atoms with Crippen molar-refractivity contribution in [2.75, 3.05) is 5.32 Å². The molecule has 5 nitrogen and oxygen atoms in total. The second kappa shape index (κ2) is 6.20. The van der Waals surface area contributed by atoms with Gasteiger partial charge in [-0.15, -0.1) is 0 Å². The average molecular weight is 328 g/mol. The van der Waals surface area contributed by atoms with E-state index in [4.69, 9.17) is 0 Å². The highest BCUT2D eigenvalue weighted by molar-refractivity contribution is 6.03. The van der Waals surface area contributed by atoms with Gasteiger partial charge in [0.15, 0.2) is 0 Å². The van der Waals surface area contributed by atoms with E-state index in [1.807, 2.05) is 30.3 Å². The molecule has 0 spiro atoms. The van der Waals surface area contributed by atoms with Crippen molar-refractivity contribution >= 4 is 22.5 Å². The summed E-state index contributed by atoms with van der Waals surface area (Å²) in [7, 11) is 1.73. The third-order valence-corrected chi connectivity index (χ3v) is 4.10. The SMILES string of the molecule is Cn1nccc1C(=O)Nc1cnc2cc(-c3ccccc3)ccc2c1. The lowest BCUT2D eigenvalue weighted by Gasteiger charge is -2.08. The first-order valence-electron chi connectivity index (χ1n) is 7.95. The zero-order valence-corrected chi connectivity index (χ0v) is 13.7. The van der Waals surface area contributed by atoms with E-state index < -0.39 is 0 Å². The number of carbonyl (C=O) groups excluding carboxylic acids is 1. The van der Waals surface area contributed by atoms with Gasteiger partial charge >= 0.3 is 0 Å². The molecular formula is C20H16N4O. The number of carbonyl (C=O) groups is 1. The van der Waals surface area contributed by atoms with Crippen LogP contribution in [0.2, 0.25) is 0 Å². The summed E-state index contributed by atoms with van der Waals surface area (Å²) < 4.78 is 1.54. The fraction of sp³-hybridized carbons (Fsp3) is 0.0500. The molecule has 0 atom stereocenters. The minimum Gasteiger partial charge on any atom is -0.319 e. The molecule has 5 heteroatoms. The Balaban J connectivity index is 1.63. The van der Waals surface area contributed by atoms with Crippen molar-refractivity contribution in [3.05, 3.63) is 78.8 Å². The van der Waals surface area contributed by atoms with Crippen LogP contribution in [0.5, 0.6) is 0 Å². The van der Waals surface area contributed by atoms with Gasteiger partial charge in [-0.25, -0.2) is 0 Å². The van der Waals surface area contributed by atoms with Gasteiger partial charge in [0.05, 0.1) is 17.4 Å². The van der Waals surface area contributed by atoms with E-state index in [-0.39, 0.29) is 5.91 Å². The molecule has 0 aliphatic heterocycles. The van der Waals surface area contributed by atoms with Crippen molar-refractivity contribution < 1.29 is 4.79 Å². The van der Waals surface area contributed by atoms with E-state index >= 15 is 0 Å². The highest BCUT2D eigenvalue weighted by Gasteiger charge is 2.10. The number of pyridine rings is 1. The minimum absolute atomic E-state index is 0.206. The Morgan fingerprint density at radius 2 is 1.84 bits per heavy atom. The lowest BCUT2D eigenvalue weighted by molar-refractivity contribution is 0.101. The van der Waals surface area contributed by atoms with E-state index in [2.05, 4.69) is 39.7 Å². The molecular weight excluding hydrogens is 312 g/mol. The molecule has 0 radical (unpaired) electrons. The number of aryl methyl sites for hydroxylation is 1. The fourth-order valence-corrected chi connectivity index (χ4v) is 2.79. The number of aromatic nitrogens is 3. The minimum atomic E-state index is -0.206. The maximum Gasteiger partial charge on any atom is 0.273 e. The lowest BCUT2D eigenvalue weighted by atomic mass is 10.0. The zero-order valence-electron chi connectivity index (χ0n) is 13.7. The molecule has 1 amide bonds. The highest BCUT2D eigenvalue weighted by Crippen LogP contribution is 2.24. The maximum absolute atomic E-state index is 12.3. The number of anilines is 1. The van der Waals surface area contributed by atoms with Crippen LogP contribution in [0.1, 0.15) is 10.5 Å². The number of nitrogens with one attached hydrogen (secondary N) is 1. The third-order valence-electron chi connectivity index (χ3n) is 4.10. The molecule has 0 aliphatic carbocycles. The fourth-order valence-electron chi connectivity index (χ4n) is 2.79. The number of amides is 1. The summed E-state index contributed by atoms with van der Waals surface area (Å²) in [6, 6.07) is 19.9. The van der Waals surface area contributed by atoms with Gasteiger partial charge in [0.2, 0.25) is 0 Å². The van der Waals surface area contributed by atoms with Gasteiger partial charge in [-0.1, -0.05) is 42.5 Å². The molecule has 0 bridgehead atoms. The summed E-state index contributed by atoms with van der Waals surface area (Å²) in [6.45, 7) is 0. The van der Waals surface area contributed by atoms with Gasteiger partial charge in [0.1, 0.15) is 5.69 Å². The Bertz CT molecular complexity index is 1050. The van der Waals surface area contributed by atoms with E-state index in [0.717, 1.165) is 22.0 Å². The predicted molar refractivity (Wildman–Crippen MR) is 98.3 cm³/mol. The predicted octanol–water partition coefficient (Wildman–Crippen LogP) is 3.89. The van der Waals surface area contributed by atoms with Crippen LogP contribution in [0, 0.1) is 0 Å². The smallest absolute Gasteiger partial charge is 0.273 e. The summed E-state index contributed by atoms with van der Waals surface area (Å²) in [5.41, 5.74) is 4.32. The van der Waals surface area contributed by atoms with Crippen molar-refractivity contribution in [2.45, 2.75) is 0 Å². The Morgan fingerprint density at radius 1 is 1.00 bits per heavy atom. The number of hydrogen-bond donors (Lipinski definition) is 1. The molecule has 122 valence electrons. The van der Waals surface area contributed by atoms with Gasteiger partial charge in [0.25, 0.3) is 5.91 Å². The standard InChI is InChI=1S/C20H16N4O/c1-24-19(9-10-22-24)20(25)23-17-11-16-8-7-15(12-18(16)21-13-17)14-5-3-2-4-6-14/h2-13H,1H3,(H,23,25). The first kappa shape index (κ1) is 15.1. The Kier molecular flexibility index (Phi) is 3.74. The molecule has 2 aromatic carbocycles. The van der Waals surface area contributed by atoms with Crippen LogP contribution in [-0.2, 0) is 7.05 Å². The monoisotopic (exact) mass is 328 g/mol. The van der Waals surface area contributed by atoms with E-state index in [9.17, 15) is 4.79 Å². The van der Waals surface area contributed by atoms with Gasteiger partial charge in [0, 0.05) is 18.6 Å². The Labute approximate surface area is 144 Å². The van der Waals surface area contributed by atoms with Crippen LogP contribution >= 0.6 is 0 Å². The van der Waals surface area contributed by atoms with Gasteiger partial charge in [-0.05, 0) is 29.3 Å². The molecule has 0 aliphatic rings. The van der Waals surface area contributed by atoms with Crippen LogP contribution in [0.4, 0.5) is 5.69 Å². The lowest BCUT2D eigenvalue weighted by Crippen LogP contribution is -2.16.